The molecule has 5 nitrogen and oxygen atoms in total. The number of aryl methyl sites for hydroxylation is 1. The van der Waals surface area contributed by atoms with Gasteiger partial charge in [-0.2, -0.15) is 4.98 Å². The monoisotopic (exact) mass is 472 g/mol. The SMILES string of the molecule is C=CCCOc1ccc(C)cc1-c1nc2nc(Cl)nc(Cl)c2n1Cc1ccc(Cl)cc1. The highest BCUT2D eigenvalue weighted by molar-refractivity contribution is 6.35. The van der Waals surface area contributed by atoms with Gasteiger partial charge in [0.05, 0.1) is 12.2 Å². The van der Waals surface area contributed by atoms with Crippen molar-refractivity contribution in [3.05, 3.63) is 81.7 Å². The molecule has 0 saturated heterocycles. The van der Waals surface area contributed by atoms with Crippen LogP contribution in [0.4, 0.5) is 0 Å². The number of imidazole rings is 1. The molecule has 4 rings (SSSR count). The molecule has 0 N–H and O–H groups in total. The highest BCUT2D eigenvalue weighted by Crippen LogP contribution is 2.35. The van der Waals surface area contributed by atoms with Gasteiger partial charge in [0.15, 0.2) is 10.8 Å². The smallest absolute Gasteiger partial charge is 0.225 e. The third-order valence-corrected chi connectivity index (χ3v) is 5.43. The van der Waals surface area contributed by atoms with Crippen LogP contribution >= 0.6 is 34.8 Å². The number of hydrogen-bond donors (Lipinski definition) is 0. The van der Waals surface area contributed by atoms with E-state index in [4.69, 9.17) is 44.5 Å². The maximum Gasteiger partial charge on any atom is 0.225 e. The summed E-state index contributed by atoms with van der Waals surface area (Å²) in [6.07, 6.45) is 2.56. The second-order valence-corrected chi connectivity index (χ2v) is 8.16. The van der Waals surface area contributed by atoms with Crippen LogP contribution in [0.1, 0.15) is 17.5 Å². The lowest BCUT2D eigenvalue weighted by atomic mass is 10.1. The van der Waals surface area contributed by atoms with Crippen molar-refractivity contribution in [2.75, 3.05) is 6.61 Å². The Labute approximate surface area is 195 Å². The van der Waals surface area contributed by atoms with Gasteiger partial charge in [0.25, 0.3) is 0 Å². The Morgan fingerprint density at radius 3 is 2.55 bits per heavy atom. The molecule has 0 unspecified atom stereocenters. The number of halogens is 3. The molecule has 0 amide bonds. The van der Waals surface area contributed by atoms with Crippen LogP contribution in [0.5, 0.6) is 5.75 Å². The van der Waals surface area contributed by atoms with Gasteiger partial charge in [0.1, 0.15) is 17.1 Å². The van der Waals surface area contributed by atoms with E-state index in [1.807, 2.05) is 60.0 Å². The Hall–Kier alpha value is -2.60. The Balaban J connectivity index is 1.91. The normalized spacial score (nSPS) is 11.1. The predicted molar refractivity (Wildman–Crippen MR) is 126 cm³/mol. The summed E-state index contributed by atoms with van der Waals surface area (Å²) in [6.45, 7) is 6.78. The van der Waals surface area contributed by atoms with Crippen molar-refractivity contribution in [1.82, 2.24) is 19.5 Å². The molecule has 0 aliphatic heterocycles. The summed E-state index contributed by atoms with van der Waals surface area (Å²) in [5.74, 6) is 1.39. The zero-order valence-corrected chi connectivity index (χ0v) is 19.0. The van der Waals surface area contributed by atoms with E-state index < -0.39 is 0 Å². The number of ether oxygens (including phenoxy) is 1. The minimum Gasteiger partial charge on any atom is -0.493 e. The Bertz CT molecular complexity index is 1250. The molecular weight excluding hydrogens is 455 g/mol. The molecule has 0 fully saturated rings. The number of aromatic nitrogens is 4. The fraction of sp³-hybridized carbons (Fsp3) is 0.174. The van der Waals surface area contributed by atoms with Crippen molar-refractivity contribution in [2.24, 2.45) is 0 Å². The van der Waals surface area contributed by atoms with Crippen molar-refractivity contribution in [3.63, 3.8) is 0 Å². The van der Waals surface area contributed by atoms with E-state index in [-0.39, 0.29) is 10.4 Å². The predicted octanol–water partition coefficient (Wildman–Crippen LogP) is 6.77. The molecule has 0 radical (unpaired) electrons. The molecule has 2 heterocycles. The molecule has 0 spiro atoms. The molecule has 2 aromatic heterocycles. The van der Waals surface area contributed by atoms with Crippen molar-refractivity contribution in [2.45, 2.75) is 19.9 Å². The second kappa shape index (κ2) is 9.27. The zero-order valence-electron chi connectivity index (χ0n) is 16.8. The van der Waals surface area contributed by atoms with Crippen LogP contribution in [0.15, 0.2) is 55.1 Å². The summed E-state index contributed by atoms with van der Waals surface area (Å²) in [5.41, 5.74) is 3.97. The molecule has 4 aromatic rings. The van der Waals surface area contributed by atoms with Gasteiger partial charge in [-0.05, 0) is 54.8 Å². The summed E-state index contributed by atoms with van der Waals surface area (Å²) in [7, 11) is 0. The number of nitrogens with zero attached hydrogens (tertiary/aromatic N) is 4. The molecule has 0 saturated carbocycles. The van der Waals surface area contributed by atoms with E-state index in [1.165, 1.54) is 0 Å². The highest BCUT2D eigenvalue weighted by Gasteiger charge is 2.21. The number of hydrogen-bond acceptors (Lipinski definition) is 4. The lowest BCUT2D eigenvalue weighted by Gasteiger charge is -2.14. The van der Waals surface area contributed by atoms with Gasteiger partial charge in [-0.25, -0.2) is 9.97 Å². The first-order valence-electron chi connectivity index (χ1n) is 9.64. The minimum atomic E-state index is 0.0480. The van der Waals surface area contributed by atoms with Crippen molar-refractivity contribution < 1.29 is 4.74 Å². The van der Waals surface area contributed by atoms with Gasteiger partial charge in [-0.15, -0.1) is 6.58 Å². The number of rotatable bonds is 7. The molecule has 2 aromatic carbocycles. The Morgan fingerprint density at radius 1 is 1.03 bits per heavy atom. The van der Waals surface area contributed by atoms with E-state index in [2.05, 4.69) is 16.5 Å². The van der Waals surface area contributed by atoms with Gasteiger partial charge < -0.3 is 9.30 Å². The fourth-order valence-electron chi connectivity index (χ4n) is 3.30. The van der Waals surface area contributed by atoms with Crippen LogP contribution in [0.2, 0.25) is 15.5 Å². The van der Waals surface area contributed by atoms with E-state index in [9.17, 15) is 0 Å². The average Bonchev–Trinajstić information content (AvgIpc) is 3.09. The average molecular weight is 474 g/mol. The standard InChI is InChI=1S/C23H19Cl3N4O/c1-3-4-11-31-18-10-5-14(2)12-17(18)22-28-21-19(20(25)27-23(26)29-21)30(22)13-15-6-8-16(24)9-7-15/h3,5-10,12H,1,4,11,13H2,2H3. The van der Waals surface area contributed by atoms with Gasteiger partial charge >= 0.3 is 0 Å². The van der Waals surface area contributed by atoms with Crippen molar-refractivity contribution in [1.29, 1.82) is 0 Å². The maximum absolute atomic E-state index is 6.47. The van der Waals surface area contributed by atoms with E-state index in [0.29, 0.717) is 35.2 Å². The van der Waals surface area contributed by atoms with Crippen molar-refractivity contribution in [3.8, 4) is 17.1 Å². The highest BCUT2D eigenvalue weighted by atomic mass is 35.5. The molecule has 31 heavy (non-hydrogen) atoms. The molecule has 8 heteroatoms. The topological polar surface area (TPSA) is 52.8 Å². The van der Waals surface area contributed by atoms with E-state index in [1.54, 1.807) is 0 Å². The maximum atomic E-state index is 6.47. The summed E-state index contributed by atoms with van der Waals surface area (Å²) in [5, 5.41) is 0.959. The first-order chi connectivity index (χ1) is 15.0. The van der Waals surface area contributed by atoms with Crippen LogP contribution < -0.4 is 4.74 Å². The second-order valence-electron chi connectivity index (χ2n) is 7.03. The van der Waals surface area contributed by atoms with Crippen LogP contribution in [-0.2, 0) is 6.54 Å². The van der Waals surface area contributed by atoms with Gasteiger partial charge in [0, 0.05) is 11.6 Å². The number of benzene rings is 2. The minimum absolute atomic E-state index is 0.0480. The third-order valence-electron chi connectivity index (χ3n) is 4.74. The molecule has 0 aliphatic carbocycles. The van der Waals surface area contributed by atoms with Crippen LogP contribution in [0, 0.1) is 6.92 Å². The quantitative estimate of drug-likeness (QED) is 0.129. The first-order valence-corrected chi connectivity index (χ1v) is 10.8. The largest absolute Gasteiger partial charge is 0.493 e. The molecule has 0 atom stereocenters. The summed E-state index contributed by atoms with van der Waals surface area (Å²) in [4.78, 5) is 13.2. The summed E-state index contributed by atoms with van der Waals surface area (Å²) >= 11 is 18.6. The van der Waals surface area contributed by atoms with E-state index >= 15 is 0 Å². The number of fused-ring (bicyclic) bond motifs is 1. The summed E-state index contributed by atoms with van der Waals surface area (Å²) < 4.78 is 8.00. The van der Waals surface area contributed by atoms with Crippen molar-refractivity contribution >= 4 is 46.0 Å². The van der Waals surface area contributed by atoms with Gasteiger partial charge in [0.2, 0.25) is 5.28 Å². The van der Waals surface area contributed by atoms with Gasteiger partial charge in [-0.1, -0.05) is 53.0 Å². The van der Waals surface area contributed by atoms with Crippen LogP contribution in [-0.4, -0.2) is 26.1 Å². The van der Waals surface area contributed by atoms with Crippen LogP contribution in [0.3, 0.4) is 0 Å². The van der Waals surface area contributed by atoms with Gasteiger partial charge in [-0.3, -0.25) is 0 Å². The Morgan fingerprint density at radius 2 is 1.81 bits per heavy atom. The fourth-order valence-corrected chi connectivity index (χ4v) is 3.90. The zero-order chi connectivity index (χ0) is 22.0. The van der Waals surface area contributed by atoms with Crippen LogP contribution in [0.25, 0.3) is 22.6 Å². The lowest BCUT2D eigenvalue weighted by Crippen LogP contribution is -2.05. The molecular formula is C23H19Cl3N4O. The van der Waals surface area contributed by atoms with E-state index in [0.717, 1.165) is 28.9 Å². The first kappa shape index (κ1) is 21.6. The molecule has 158 valence electrons. The molecule has 0 aliphatic rings. The molecule has 0 bridgehead atoms. The third kappa shape index (κ3) is 4.69. The Kier molecular flexibility index (Phi) is 6.46. The summed E-state index contributed by atoms with van der Waals surface area (Å²) in [6, 6.07) is 13.6. The lowest BCUT2D eigenvalue weighted by molar-refractivity contribution is 0.326.